The van der Waals surface area contributed by atoms with Crippen LogP contribution in [0.3, 0.4) is 0 Å². The molecule has 2 aromatic carbocycles. The number of amides is 1. The highest BCUT2D eigenvalue weighted by molar-refractivity contribution is 6.17. The molecule has 1 aliphatic heterocycles. The summed E-state index contributed by atoms with van der Waals surface area (Å²) >= 11 is 0. The van der Waals surface area contributed by atoms with Gasteiger partial charge in [-0.15, -0.1) is 0 Å². The van der Waals surface area contributed by atoms with Crippen LogP contribution in [0, 0.1) is 17.5 Å². The van der Waals surface area contributed by atoms with E-state index in [1.807, 2.05) is 0 Å². The average molecular weight is 386 g/mol. The summed E-state index contributed by atoms with van der Waals surface area (Å²) in [6.45, 7) is 0.0445. The molecule has 28 heavy (non-hydrogen) atoms. The van der Waals surface area contributed by atoms with Crippen molar-refractivity contribution in [1.82, 2.24) is 9.88 Å². The van der Waals surface area contributed by atoms with E-state index in [-0.39, 0.29) is 24.2 Å². The van der Waals surface area contributed by atoms with Crippen LogP contribution in [-0.4, -0.2) is 33.4 Å². The predicted octanol–water partition coefficient (Wildman–Crippen LogP) is 3.71. The molecule has 0 saturated carbocycles. The van der Waals surface area contributed by atoms with Crippen molar-refractivity contribution in [3.8, 4) is 0 Å². The number of nitrogens with zero attached hydrogens (tertiary/aromatic N) is 1. The molecule has 2 N–H and O–H groups in total. The molecule has 0 radical (unpaired) electrons. The number of hydrogen-bond donors (Lipinski definition) is 2. The summed E-state index contributed by atoms with van der Waals surface area (Å²) in [5, 5.41) is 10.3. The first-order chi connectivity index (χ1) is 13.4. The number of carbonyl (C=O) groups excluding carboxylic acids is 1. The zero-order valence-corrected chi connectivity index (χ0v) is 14.3. The maximum Gasteiger partial charge on any atom is 0.339 e. The maximum atomic E-state index is 14.0. The van der Waals surface area contributed by atoms with Gasteiger partial charge in [0.1, 0.15) is 5.82 Å². The first-order valence-electron chi connectivity index (χ1n) is 8.37. The largest absolute Gasteiger partial charge is 0.478 e. The quantitative estimate of drug-likeness (QED) is 0.705. The van der Waals surface area contributed by atoms with Crippen LogP contribution in [-0.2, 0) is 11.2 Å². The molecule has 0 aliphatic carbocycles. The van der Waals surface area contributed by atoms with Crippen molar-refractivity contribution in [2.45, 2.75) is 6.42 Å². The summed E-state index contributed by atoms with van der Waals surface area (Å²) < 4.78 is 41.0. The van der Waals surface area contributed by atoms with E-state index < -0.39 is 34.9 Å². The number of carboxylic acid groups (broad SMARTS) is 1. The monoisotopic (exact) mass is 386 g/mol. The topological polar surface area (TPSA) is 73.4 Å². The molecule has 0 bridgehead atoms. The summed E-state index contributed by atoms with van der Waals surface area (Å²) in [6, 6.07) is 7.28. The second-order valence-electron chi connectivity index (χ2n) is 6.37. The minimum Gasteiger partial charge on any atom is -0.478 e. The van der Waals surface area contributed by atoms with Crippen molar-refractivity contribution < 1.29 is 27.9 Å². The van der Waals surface area contributed by atoms with E-state index >= 15 is 0 Å². The van der Waals surface area contributed by atoms with Crippen LogP contribution in [0.4, 0.5) is 13.2 Å². The summed E-state index contributed by atoms with van der Waals surface area (Å²) in [5.41, 5.74) is 0.586. The molecule has 4 rings (SSSR count). The molecular formula is C20H13F3N2O3. The van der Waals surface area contributed by atoms with Gasteiger partial charge in [0.2, 0.25) is 0 Å². The number of aromatic nitrogens is 1. The molecule has 0 saturated heterocycles. The third-order valence-corrected chi connectivity index (χ3v) is 4.70. The summed E-state index contributed by atoms with van der Waals surface area (Å²) in [4.78, 5) is 28.4. The highest BCUT2D eigenvalue weighted by atomic mass is 19.2. The lowest BCUT2D eigenvalue weighted by Gasteiger charge is -2.18. The van der Waals surface area contributed by atoms with Crippen molar-refractivity contribution in [3.05, 3.63) is 76.9 Å². The number of hydrogen-bond acceptors (Lipinski definition) is 2. The molecule has 1 aliphatic rings. The van der Waals surface area contributed by atoms with Crippen LogP contribution in [0.1, 0.15) is 21.6 Å². The van der Waals surface area contributed by atoms with E-state index in [1.165, 1.54) is 24.3 Å². The van der Waals surface area contributed by atoms with E-state index in [4.69, 9.17) is 0 Å². The minimum atomic E-state index is -1.31. The number of rotatable bonds is 2. The Morgan fingerprint density at radius 1 is 1.11 bits per heavy atom. The van der Waals surface area contributed by atoms with Gasteiger partial charge in [-0.05, 0) is 42.3 Å². The van der Waals surface area contributed by atoms with Gasteiger partial charge in [0.05, 0.1) is 16.8 Å². The number of carbonyl (C=O) groups is 2. The Hall–Kier alpha value is -3.55. The van der Waals surface area contributed by atoms with Crippen LogP contribution in [0.25, 0.3) is 16.5 Å². The van der Waals surface area contributed by atoms with Crippen molar-refractivity contribution in [1.29, 1.82) is 0 Å². The number of halogens is 3. The van der Waals surface area contributed by atoms with Crippen LogP contribution >= 0.6 is 0 Å². The lowest BCUT2D eigenvalue weighted by atomic mass is 10.0. The highest BCUT2D eigenvalue weighted by Gasteiger charge is 2.28. The van der Waals surface area contributed by atoms with Gasteiger partial charge in [-0.25, -0.2) is 18.0 Å². The lowest BCUT2D eigenvalue weighted by Crippen LogP contribution is -2.28. The number of benzene rings is 2. The Labute approximate surface area is 156 Å². The van der Waals surface area contributed by atoms with Crippen molar-refractivity contribution in [2.75, 3.05) is 6.54 Å². The molecule has 3 aromatic rings. The van der Waals surface area contributed by atoms with Gasteiger partial charge in [0.15, 0.2) is 11.6 Å². The first-order valence-corrected chi connectivity index (χ1v) is 8.37. The van der Waals surface area contributed by atoms with Gasteiger partial charge < -0.3 is 15.0 Å². The van der Waals surface area contributed by atoms with Crippen molar-refractivity contribution in [2.24, 2.45) is 0 Å². The second kappa shape index (κ2) is 6.56. The number of aromatic amines is 1. The van der Waals surface area contributed by atoms with Gasteiger partial charge in [-0.3, -0.25) is 4.79 Å². The Morgan fingerprint density at radius 2 is 1.89 bits per heavy atom. The molecule has 1 amide bonds. The van der Waals surface area contributed by atoms with Gasteiger partial charge in [-0.1, -0.05) is 6.07 Å². The summed E-state index contributed by atoms with van der Waals surface area (Å²) in [6.07, 6.45) is 1.34. The van der Waals surface area contributed by atoms with Gasteiger partial charge >= 0.3 is 5.97 Å². The van der Waals surface area contributed by atoms with Crippen LogP contribution in [0.5, 0.6) is 0 Å². The average Bonchev–Trinajstić information content (AvgIpc) is 2.89. The first kappa shape index (κ1) is 17.8. The number of nitrogens with one attached hydrogen (secondary N) is 1. The predicted molar refractivity (Wildman–Crippen MR) is 95.0 cm³/mol. The Balaban J connectivity index is 1.82. The third-order valence-electron chi connectivity index (χ3n) is 4.70. The van der Waals surface area contributed by atoms with Crippen molar-refractivity contribution >= 4 is 28.4 Å². The van der Waals surface area contributed by atoms with Crippen LogP contribution in [0.15, 0.2) is 42.6 Å². The molecule has 8 heteroatoms. The number of aliphatic carboxylic acids is 1. The van der Waals surface area contributed by atoms with Gasteiger partial charge in [-0.2, -0.15) is 0 Å². The van der Waals surface area contributed by atoms with Crippen LogP contribution in [0.2, 0.25) is 0 Å². The van der Waals surface area contributed by atoms with E-state index in [1.54, 1.807) is 0 Å². The molecule has 2 heterocycles. The van der Waals surface area contributed by atoms with E-state index in [0.717, 1.165) is 23.2 Å². The van der Waals surface area contributed by atoms with Crippen LogP contribution < -0.4 is 0 Å². The number of fused-ring (bicyclic) bond motifs is 3. The van der Waals surface area contributed by atoms with Gasteiger partial charge in [0, 0.05) is 23.6 Å². The Bertz CT molecular complexity index is 1170. The molecule has 0 fully saturated rings. The van der Waals surface area contributed by atoms with E-state index in [0.29, 0.717) is 16.5 Å². The third kappa shape index (κ3) is 2.83. The zero-order valence-electron chi connectivity index (χ0n) is 14.3. The SMILES string of the molecule is O=C(O)C1=CN(C(=O)c2cccc(F)c2F)CCc2c1[nH]c1cc(F)ccc21. The zero-order chi connectivity index (χ0) is 20.0. The fraction of sp³-hybridized carbons (Fsp3) is 0.100. The normalized spacial score (nSPS) is 13.8. The highest BCUT2D eigenvalue weighted by Crippen LogP contribution is 2.31. The molecule has 0 atom stereocenters. The standard InChI is InChI=1S/C20H13F3N2O3/c21-10-4-5-11-12-6-7-25(19(26)13-2-1-3-15(22)17(13)23)9-14(20(27)28)18(12)24-16(11)8-10/h1-5,8-9,24H,6-7H2,(H,27,28). The van der Waals surface area contributed by atoms with E-state index in [9.17, 15) is 27.9 Å². The fourth-order valence-electron chi connectivity index (χ4n) is 3.38. The maximum absolute atomic E-state index is 14.0. The second-order valence-corrected chi connectivity index (χ2v) is 6.37. The Morgan fingerprint density at radius 3 is 2.64 bits per heavy atom. The molecular weight excluding hydrogens is 373 g/mol. The molecule has 5 nitrogen and oxygen atoms in total. The lowest BCUT2D eigenvalue weighted by molar-refractivity contribution is -0.130. The molecule has 0 spiro atoms. The summed E-state index contributed by atoms with van der Waals surface area (Å²) in [5.74, 6) is -5.09. The Kier molecular flexibility index (Phi) is 4.18. The summed E-state index contributed by atoms with van der Waals surface area (Å²) in [7, 11) is 0. The molecule has 1 aromatic heterocycles. The minimum absolute atomic E-state index is 0.0445. The van der Waals surface area contributed by atoms with Crippen molar-refractivity contribution in [3.63, 3.8) is 0 Å². The van der Waals surface area contributed by atoms with E-state index in [2.05, 4.69) is 4.98 Å². The smallest absolute Gasteiger partial charge is 0.339 e. The number of H-pyrrole nitrogens is 1. The number of carboxylic acids is 1. The fourth-order valence-corrected chi connectivity index (χ4v) is 3.38. The molecule has 142 valence electrons. The van der Waals surface area contributed by atoms with Gasteiger partial charge in [0.25, 0.3) is 5.91 Å². The molecule has 0 unspecified atom stereocenters.